The fourth-order valence-electron chi connectivity index (χ4n) is 3.38. The molecule has 0 spiro atoms. The zero-order valence-electron chi connectivity index (χ0n) is 17.6. The number of fused-ring (bicyclic) bond motifs is 1. The number of carbonyl (C=O) groups excluding carboxylic acids is 1. The minimum absolute atomic E-state index is 0.0365. The lowest BCUT2D eigenvalue weighted by Gasteiger charge is -2.11. The summed E-state index contributed by atoms with van der Waals surface area (Å²) in [6, 6.07) is 9.46. The maximum absolute atomic E-state index is 12.6. The van der Waals surface area contributed by atoms with Gasteiger partial charge in [0.05, 0.1) is 17.7 Å². The molecule has 0 bridgehead atoms. The Morgan fingerprint density at radius 2 is 2.03 bits per heavy atom. The molecule has 0 aliphatic heterocycles. The van der Waals surface area contributed by atoms with E-state index in [1.165, 1.54) is 24.7 Å². The number of anilines is 1. The van der Waals surface area contributed by atoms with E-state index >= 15 is 0 Å². The van der Waals surface area contributed by atoms with Gasteiger partial charge in [-0.05, 0) is 56.2 Å². The molecule has 11 heteroatoms. The van der Waals surface area contributed by atoms with Gasteiger partial charge in [0.25, 0.3) is 5.78 Å². The standard InChI is InChI=1S/C21H22N6O4S/c1-14-19(15(2)27-21(25-14)22-13-23-27)8-9-20(28)26-16-5-3-7-18(11-16)32(29,30)24-12-17-6-4-10-31-17/h3-7,10-11,13,24H,8-9,12H2,1-2H3,(H,26,28). The molecule has 0 atom stereocenters. The van der Waals surface area contributed by atoms with Crippen LogP contribution in [0.15, 0.2) is 58.3 Å². The van der Waals surface area contributed by atoms with Gasteiger partial charge in [-0.25, -0.2) is 22.6 Å². The van der Waals surface area contributed by atoms with Gasteiger partial charge < -0.3 is 9.73 Å². The van der Waals surface area contributed by atoms with Crippen LogP contribution in [-0.2, 0) is 27.8 Å². The van der Waals surface area contributed by atoms with E-state index in [9.17, 15) is 13.2 Å². The monoisotopic (exact) mass is 454 g/mol. The number of amides is 1. The third-order valence-corrected chi connectivity index (χ3v) is 6.43. The molecule has 4 aromatic rings. The fourth-order valence-corrected chi connectivity index (χ4v) is 4.42. The second kappa shape index (κ2) is 8.89. The number of benzene rings is 1. The van der Waals surface area contributed by atoms with Crippen molar-refractivity contribution in [2.24, 2.45) is 0 Å². The zero-order chi connectivity index (χ0) is 22.7. The molecular formula is C21H22N6O4S. The first-order valence-electron chi connectivity index (χ1n) is 9.91. The summed E-state index contributed by atoms with van der Waals surface area (Å²) in [5.74, 6) is 0.787. The summed E-state index contributed by atoms with van der Waals surface area (Å²) in [5.41, 5.74) is 3.01. The van der Waals surface area contributed by atoms with Gasteiger partial charge in [-0.2, -0.15) is 10.1 Å². The number of sulfonamides is 1. The van der Waals surface area contributed by atoms with Gasteiger partial charge in [0.1, 0.15) is 12.1 Å². The average Bonchev–Trinajstić information content (AvgIpc) is 3.44. The molecule has 0 radical (unpaired) electrons. The normalized spacial score (nSPS) is 11.7. The Hall–Kier alpha value is -3.57. The van der Waals surface area contributed by atoms with E-state index in [0.717, 1.165) is 17.0 Å². The third kappa shape index (κ3) is 4.68. The molecule has 2 N–H and O–H groups in total. The van der Waals surface area contributed by atoms with Crippen LogP contribution in [-0.4, -0.2) is 33.9 Å². The number of carbonyl (C=O) groups is 1. The highest BCUT2D eigenvalue weighted by Gasteiger charge is 2.16. The van der Waals surface area contributed by atoms with Crippen molar-refractivity contribution >= 4 is 27.4 Å². The van der Waals surface area contributed by atoms with Crippen LogP contribution in [0.5, 0.6) is 0 Å². The van der Waals surface area contributed by atoms with Crippen molar-refractivity contribution in [2.45, 2.75) is 38.1 Å². The van der Waals surface area contributed by atoms with Gasteiger partial charge >= 0.3 is 0 Å². The van der Waals surface area contributed by atoms with Gasteiger partial charge in [0, 0.05) is 23.5 Å². The van der Waals surface area contributed by atoms with E-state index in [-0.39, 0.29) is 23.8 Å². The molecule has 166 valence electrons. The lowest BCUT2D eigenvalue weighted by atomic mass is 10.1. The van der Waals surface area contributed by atoms with Gasteiger partial charge in [-0.1, -0.05) is 6.07 Å². The van der Waals surface area contributed by atoms with Crippen LogP contribution in [0.3, 0.4) is 0 Å². The number of hydrogen-bond acceptors (Lipinski definition) is 7. The van der Waals surface area contributed by atoms with Crippen LogP contribution in [0.4, 0.5) is 5.69 Å². The molecule has 0 fully saturated rings. The van der Waals surface area contributed by atoms with Crippen molar-refractivity contribution < 1.29 is 17.6 Å². The largest absolute Gasteiger partial charge is 0.468 e. The first-order chi connectivity index (χ1) is 15.3. The first kappa shape index (κ1) is 21.7. The molecule has 0 unspecified atom stereocenters. The van der Waals surface area contributed by atoms with Gasteiger partial charge in [0.2, 0.25) is 15.9 Å². The minimum atomic E-state index is -3.76. The van der Waals surface area contributed by atoms with Crippen LogP contribution in [0.25, 0.3) is 5.78 Å². The summed E-state index contributed by atoms with van der Waals surface area (Å²) in [7, 11) is -3.76. The second-order valence-corrected chi connectivity index (χ2v) is 8.98. The fraction of sp³-hybridized carbons (Fsp3) is 0.238. The quantitative estimate of drug-likeness (QED) is 0.418. The topological polar surface area (TPSA) is 131 Å². The summed E-state index contributed by atoms with van der Waals surface area (Å²) in [6.45, 7) is 3.82. The summed E-state index contributed by atoms with van der Waals surface area (Å²) < 4.78 is 34.4. The molecule has 0 saturated carbocycles. The first-order valence-corrected chi connectivity index (χ1v) is 11.4. The molecule has 4 rings (SSSR count). The Balaban J connectivity index is 1.41. The summed E-state index contributed by atoms with van der Waals surface area (Å²) in [5, 5.41) is 6.91. The molecule has 1 amide bonds. The van der Waals surface area contributed by atoms with E-state index in [2.05, 4.69) is 25.1 Å². The van der Waals surface area contributed by atoms with Crippen LogP contribution < -0.4 is 10.0 Å². The highest BCUT2D eigenvalue weighted by atomic mass is 32.2. The smallest absolute Gasteiger partial charge is 0.252 e. The van der Waals surface area contributed by atoms with Crippen molar-refractivity contribution in [3.05, 3.63) is 71.7 Å². The number of aromatic nitrogens is 4. The Labute approximate surface area is 184 Å². The van der Waals surface area contributed by atoms with E-state index in [1.54, 1.807) is 28.8 Å². The third-order valence-electron chi connectivity index (χ3n) is 5.04. The number of hydrogen-bond donors (Lipinski definition) is 2. The van der Waals surface area contributed by atoms with Crippen molar-refractivity contribution in [1.29, 1.82) is 0 Å². The number of nitrogens with zero attached hydrogens (tertiary/aromatic N) is 4. The highest BCUT2D eigenvalue weighted by Crippen LogP contribution is 2.18. The number of rotatable bonds is 8. The van der Waals surface area contributed by atoms with Crippen molar-refractivity contribution in [3.8, 4) is 0 Å². The molecule has 3 heterocycles. The van der Waals surface area contributed by atoms with Gasteiger partial charge in [0.15, 0.2) is 0 Å². The number of furan rings is 1. The molecule has 10 nitrogen and oxygen atoms in total. The average molecular weight is 455 g/mol. The van der Waals surface area contributed by atoms with Crippen molar-refractivity contribution in [3.63, 3.8) is 0 Å². The maximum Gasteiger partial charge on any atom is 0.252 e. The molecule has 32 heavy (non-hydrogen) atoms. The summed E-state index contributed by atoms with van der Waals surface area (Å²) in [6.07, 6.45) is 3.59. The Morgan fingerprint density at radius 3 is 2.81 bits per heavy atom. The zero-order valence-corrected chi connectivity index (χ0v) is 18.4. The Bertz CT molecular complexity index is 1360. The van der Waals surface area contributed by atoms with Crippen LogP contribution in [0.2, 0.25) is 0 Å². The maximum atomic E-state index is 12.6. The predicted molar refractivity (Wildman–Crippen MR) is 116 cm³/mol. The van der Waals surface area contributed by atoms with Gasteiger partial charge in [-0.15, -0.1) is 0 Å². The number of aryl methyl sites for hydroxylation is 2. The summed E-state index contributed by atoms with van der Waals surface area (Å²) in [4.78, 5) is 21.1. The molecule has 0 saturated heterocycles. The van der Waals surface area contributed by atoms with E-state index < -0.39 is 10.0 Å². The summed E-state index contributed by atoms with van der Waals surface area (Å²) >= 11 is 0. The van der Waals surface area contributed by atoms with E-state index in [1.807, 2.05) is 13.8 Å². The SMILES string of the molecule is Cc1nc2ncnn2c(C)c1CCC(=O)Nc1cccc(S(=O)(=O)NCc2ccco2)c1. The highest BCUT2D eigenvalue weighted by molar-refractivity contribution is 7.89. The van der Waals surface area contributed by atoms with Crippen LogP contribution in [0.1, 0.15) is 29.1 Å². The molecular weight excluding hydrogens is 432 g/mol. The minimum Gasteiger partial charge on any atom is -0.468 e. The van der Waals surface area contributed by atoms with E-state index in [0.29, 0.717) is 23.6 Å². The predicted octanol–water partition coefficient (Wildman–Crippen LogP) is 2.38. The van der Waals surface area contributed by atoms with Gasteiger partial charge in [-0.3, -0.25) is 4.79 Å². The molecule has 0 aliphatic rings. The Kier molecular flexibility index (Phi) is 6.01. The Morgan fingerprint density at radius 1 is 1.19 bits per heavy atom. The van der Waals surface area contributed by atoms with Crippen LogP contribution >= 0.6 is 0 Å². The van der Waals surface area contributed by atoms with E-state index in [4.69, 9.17) is 4.42 Å². The van der Waals surface area contributed by atoms with Crippen LogP contribution in [0, 0.1) is 13.8 Å². The second-order valence-electron chi connectivity index (χ2n) is 7.21. The lowest BCUT2D eigenvalue weighted by molar-refractivity contribution is -0.116. The van der Waals surface area contributed by atoms with Crippen molar-refractivity contribution in [2.75, 3.05) is 5.32 Å². The van der Waals surface area contributed by atoms with Crippen molar-refractivity contribution in [1.82, 2.24) is 24.3 Å². The molecule has 3 aromatic heterocycles. The lowest BCUT2D eigenvalue weighted by Crippen LogP contribution is -2.23. The molecule has 0 aliphatic carbocycles. The molecule has 1 aromatic carbocycles. The number of nitrogens with one attached hydrogen (secondary N) is 2.